The Balaban J connectivity index is -0.000000527. The molecule has 2 aromatic rings. The van der Waals surface area contributed by atoms with Crippen molar-refractivity contribution >= 4 is 84.2 Å². The van der Waals surface area contributed by atoms with E-state index in [0.29, 0.717) is 41.5 Å². The number of anilines is 2. The van der Waals surface area contributed by atoms with Gasteiger partial charge in [0.25, 0.3) is 0 Å². The average Bonchev–Trinajstić information content (AvgIpc) is 2.65. The summed E-state index contributed by atoms with van der Waals surface area (Å²) in [4.78, 5) is 32.6. The number of rotatable bonds is 5. The molecule has 0 aliphatic carbocycles. The summed E-state index contributed by atoms with van der Waals surface area (Å²) in [5.41, 5.74) is 2.36. The van der Waals surface area contributed by atoms with Crippen LogP contribution < -0.4 is 29.5 Å². The smallest absolute Gasteiger partial charge is 0.870 e. The van der Waals surface area contributed by atoms with Gasteiger partial charge in [0.15, 0.2) is 0 Å². The first-order valence-electron chi connectivity index (χ1n) is 8.69. The number of hydrogen-bond donors (Lipinski definition) is 3. The van der Waals surface area contributed by atoms with Crippen LogP contribution in [0.25, 0.3) is 0 Å². The maximum atomic E-state index is 11.0. The largest absolute Gasteiger partial charge is 1.00 e. The van der Waals surface area contributed by atoms with Crippen LogP contribution in [0.5, 0.6) is 0 Å². The maximum absolute atomic E-state index is 11.0. The standard InChI is InChI=1S/C11H11BrClNO3.C9H9BrClNO2.Li.2H2O/c1-6(15)14-11-4-10(13)9(12)3-8(11)5-17-7(2)16;1-5(14)12-9-3-8(11)7(10)2-6(9)4-13;;;/h3-4H,5H2,1-2H3,(H,14,15);2-3,13H,4H2,1H3,(H,12,14);;2*1H2/q;;+1;;/p-1. The van der Waals surface area contributed by atoms with Crippen molar-refractivity contribution in [3.8, 4) is 0 Å². The van der Waals surface area contributed by atoms with E-state index in [9.17, 15) is 14.4 Å². The number of ether oxygens (including phenoxy) is 1. The van der Waals surface area contributed by atoms with E-state index in [-0.39, 0.29) is 60.8 Å². The predicted molar refractivity (Wildman–Crippen MR) is 134 cm³/mol. The molecule has 0 aromatic heterocycles. The van der Waals surface area contributed by atoms with Gasteiger partial charge in [0.1, 0.15) is 6.61 Å². The molecule has 14 heteroatoms. The van der Waals surface area contributed by atoms with E-state index in [0.717, 1.165) is 0 Å². The molecule has 34 heavy (non-hydrogen) atoms. The molecule has 2 amide bonds. The number of nitrogens with one attached hydrogen (secondary N) is 2. The van der Waals surface area contributed by atoms with E-state index < -0.39 is 0 Å². The summed E-state index contributed by atoms with van der Waals surface area (Å²) in [5, 5.41) is 15.2. The molecular weight excluding hydrogens is 618 g/mol. The summed E-state index contributed by atoms with van der Waals surface area (Å²) in [6, 6.07) is 6.58. The van der Waals surface area contributed by atoms with Gasteiger partial charge in [-0.2, -0.15) is 0 Å². The summed E-state index contributed by atoms with van der Waals surface area (Å²) in [5.74, 6) is -0.796. The molecule has 0 bridgehead atoms. The number of carbonyl (C=O) groups excluding carboxylic acids is 3. The van der Waals surface area contributed by atoms with Crippen LogP contribution in [0.2, 0.25) is 10.0 Å². The predicted octanol–water partition coefficient (Wildman–Crippen LogP) is 1.68. The number of amides is 2. The second kappa shape index (κ2) is 18.2. The van der Waals surface area contributed by atoms with Gasteiger partial charge in [-0.25, -0.2) is 0 Å². The summed E-state index contributed by atoms with van der Waals surface area (Å²) in [6.07, 6.45) is 0. The number of aliphatic hydroxyl groups excluding tert-OH is 1. The maximum Gasteiger partial charge on any atom is 1.00 e. The van der Waals surface area contributed by atoms with Crippen molar-refractivity contribution in [1.29, 1.82) is 0 Å². The van der Waals surface area contributed by atoms with Crippen LogP contribution in [0, 0.1) is 0 Å². The van der Waals surface area contributed by atoms with Crippen LogP contribution in [0.4, 0.5) is 11.4 Å². The molecule has 0 aliphatic rings. The van der Waals surface area contributed by atoms with Gasteiger partial charge in [0.2, 0.25) is 11.8 Å². The first-order valence-corrected chi connectivity index (χ1v) is 11.0. The Morgan fingerprint density at radius 2 is 1.26 bits per heavy atom. The molecular formula is C20H23Br2Cl2LiN2O7. The molecule has 0 saturated heterocycles. The Hall–Kier alpha value is -1.13. The molecule has 0 spiro atoms. The molecule has 0 atom stereocenters. The molecule has 0 fully saturated rings. The van der Waals surface area contributed by atoms with Crippen molar-refractivity contribution < 1.29 is 54.0 Å². The van der Waals surface area contributed by atoms with E-state index in [2.05, 4.69) is 42.5 Å². The Morgan fingerprint density at radius 3 is 1.62 bits per heavy atom. The van der Waals surface area contributed by atoms with Crippen LogP contribution in [0.15, 0.2) is 33.2 Å². The monoisotopic (exact) mass is 638 g/mol. The van der Waals surface area contributed by atoms with Gasteiger partial charge in [-0.3, -0.25) is 14.4 Å². The third-order valence-corrected chi connectivity index (χ3v) is 5.91. The summed E-state index contributed by atoms with van der Waals surface area (Å²) in [6.45, 7) is 4.05. The fourth-order valence-corrected chi connectivity index (χ4v) is 3.33. The molecule has 2 aromatic carbocycles. The van der Waals surface area contributed by atoms with Gasteiger partial charge >= 0.3 is 24.8 Å². The van der Waals surface area contributed by atoms with Crippen LogP contribution in [0.1, 0.15) is 31.9 Å². The average molecular weight is 641 g/mol. The minimum absolute atomic E-state index is 0. The topological polar surface area (TPSA) is 166 Å². The molecule has 0 aliphatic heterocycles. The quantitative estimate of drug-likeness (QED) is 0.332. The first-order chi connectivity index (χ1) is 14.4. The van der Waals surface area contributed by atoms with Crippen molar-refractivity contribution in [3.05, 3.63) is 54.4 Å². The minimum Gasteiger partial charge on any atom is -0.870 e. The van der Waals surface area contributed by atoms with E-state index in [1.54, 1.807) is 24.3 Å². The number of carbonyl (C=O) groups is 3. The Morgan fingerprint density at radius 1 is 0.882 bits per heavy atom. The molecule has 0 heterocycles. The molecule has 184 valence electrons. The third kappa shape index (κ3) is 13.1. The van der Waals surface area contributed by atoms with E-state index in [1.807, 2.05) is 0 Å². The Bertz CT molecular complexity index is 998. The van der Waals surface area contributed by atoms with Gasteiger partial charge in [-0.15, -0.1) is 0 Å². The fourth-order valence-electron chi connectivity index (χ4n) is 2.22. The summed E-state index contributed by atoms with van der Waals surface area (Å²) >= 11 is 18.3. The zero-order valence-corrected chi connectivity index (χ0v) is 23.4. The van der Waals surface area contributed by atoms with Crippen LogP contribution in [0.3, 0.4) is 0 Å². The third-order valence-electron chi connectivity index (χ3n) is 3.51. The number of hydrogen-bond acceptors (Lipinski definition) is 6. The molecule has 0 radical (unpaired) electrons. The second-order valence-electron chi connectivity index (χ2n) is 6.15. The Kier molecular flexibility index (Phi) is 20.0. The minimum atomic E-state index is -0.384. The number of aliphatic hydroxyl groups is 1. The number of halogens is 4. The molecule has 9 nitrogen and oxygen atoms in total. The van der Waals surface area contributed by atoms with Gasteiger partial charge in [-0.05, 0) is 56.1 Å². The normalized spacial score (nSPS) is 9.06. The van der Waals surface area contributed by atoms with Crippen molar-refractivity contribution in [2.24, 2.45) is 0 Å². The van der Waals surface area contributed by atoms with Gasteiger partial charge in [-0.1, -0.05) is 23.2 Å². The van der Waals surface area contributed by atoms with Gasteiger partial charge in [0, 0.05) is 52.2 Å². The molecule has 6 N–H and O–H groups in total. The summed E-state index contributed by atoms with van der Waals surface area (Å²) < 4.78 is 6.26. The van der Waals surface area contributed by atoms with Gasteiger partial charge in [0.05, 0.1) is 16.7 Å². The van der Waals surface area contributed by atoms with Crippen molar-refractivity contribution in [2.75, 3.05) is 10.6 Å². The molecule has 0 saturated carbocycles. The molecule has 0 unspecified atom stereocenters. The van der Waals surface area contributed by atoms with E-state index in [1.165, 1.54) is 20.8 Å². The SMILES string of the molecule is CC(=O)Nc1cc(Cl)c(Br)cc1CO.CC(=O)Nc1cc(Cl)c(Br)cc1COC(C)=O.O.[Li+].[OH-]. The fraction of sp³-hybridized carbons (Fsp3) is 0.250. The van der Waals surface area contributed by atoms with Crippen molar-refractivity contribution in [3.63, 3.8) is 0 Å². The van der Waals surface area contributed by atoms with Crippen LogP contribution >= 0.6 is 55.1 Å². The molecule has 2 rings (SSSR count). The number of esters is 1. The number of benzene rings is 2. The van der Waals surface area contributed by atoms with Crippen LogP contribution in [-0.4, -0.2) is 33.8 Å². The summed E-state index contributed by atoms with van der Waals surface area (Å²) in [7, 11) is 0. The van der Waals surface area contributed by atoms with Gasteiger partial charge < -0.3 is 31.4 Å². The van der Waals surface area contributed by atoms with E-state index in [4.69, 9.17) is 33.0 Å². The Labute approximate surface area is 236 Å². The first kappa shape index (κ1) is 37.4. The zero-order valence-electron chi connectivity index (χ0n) is 18.8. The van der Waals surface area contributed by atoms with Crippen molar-refractivity contribution in [1.82, 2.24) is 0 Å². The van der Waals surface area contributed by atoms with E-state index >= 15 is 0 Å². The second-order valence-corrected chi connectivity index (χ2v) is 8.67. The van der Waals surface area contributed by atoms with Crippen molar-refractivity contribution in [2.45, 2.75) is 34.0 Å². The van der Waals surface area contributed by atoms with Crippen LogP contribution in [-0.2, 0) is 32.3 Å². The zero-order chi connectivity index (χ0) is 23.7.